The van der Waals surface area contributed by atoms with Crippen LogP contribution in [0.5, 0.6) is 0 Å². The number of aliphatic hydroxyl groups excluding tert-OH is 1. The smallest absolute Gasteiger partial charge is 0.389 e. The van der Waals surface area contributed by atoms with Gasteiger partial charge in [0.05, 0.1) is 0 Å². The van der Waals surface area contributed by atoms with Gasteiger partial charge in [-0.3, -0.25) is 4.57 Å². The van der Waals surface area contributed by atoms with Crippen molar-refractivity contribution in [3.8, 4) is 0 Å². The molecule has 0 radical (unpaired) electrons. The monoisotopic (exact) mass is 162 g/mol. The summed E-state index contributed by atoms with van der Waals surface area (Å²) in [5, 5.41) is 7.69. The van der Waals surface area contributed by atoms with Crippen LogP contribution < -0.4 is 0 Å². The van der Waals surface area contributed by atoms with Crippen LogP contribution >= 0.6 is 7.60 Å². The van der Waals surface area contributed by atoms with Gasteiger partial charge in [0.2, 0.25) is 0 Å². The van der Waals surface area contributed by atoms with E-state index in [1.165, 1.54) is 0 Å². The fourth-order valence-corrected chi connectivity index (χ4v) is 0.276. The van der Waals surface area contributed by atoms with E-state index in [4.69, 9.17) is 14.9 Å². The van der Waals surface area contributed by atoms with Gasteiger partial charge >= 0.3 is 13.3 Å². The quantitative estimate of drug-likeness (QED) is 0.489. The van der Waals surface area contributed by atoms with Crippen molar-refractivity contribution in [1.82, 2.24) is 0 Å². The van der Waals surface area contributed by atoms with Crippen LogP contribution in [-0.4, -0.2) is 27.2 Å². The number of rotatable bonds is 2. The van der Waals surface area contributed by atoms with Crippen LogP contribution in [-0.2, 0) is 4.57 Å². The lowest BCUT2D eigenvalue weighted by Crippen LogP contribution is -2.20. The predicted octanol–water partition coefficient (Wildman–Crippen LogP) is -0.251. The van der Waals surface area contributed by atoms with E-state index in [2.05, 4.69) is 0 Å². The third-order valence-corrected chi connectivity index (χ3v) is 1.61. The number of hydrogen-bond acceptors (Lipinski definition) is 2. The first kappa shape index (κ1) is 8.97. The van der Waals surface area contributed by atoms with Gasteiger partial charge in [-0.15, -0.1) is 0 Å². The molecule has 0 amide bonds. The fraction of sp³-hybridized carbons (Fsp3) is 1.00. The minimum absolute atomic E-state index is 1.84. The van der Waals surface area contributed by atoms with Gasteiger partial charge in [-0.25, -0.2) is 0 Å². The van der Waals surface area contributed by atoms with E-state index in [9.17, 15) is 13.3 Å². The molecule has 0 saturated heterocycles. The van der Waals surface area contributed by atoms with Crippen molar-refractivity contribution in [3.63, 3.8) is 0 Å². The molecule has 56 valence electrons. The highest BCUT2D eigenvalue weighted by atomic mass is 31.2. The molecule has 0 rings (SSSR count). The number of hydrogen-bond donors (Lipinski definition) is 3. The zero-order chi connectivity index (χ0) is 7.71. The lowest BCUT2D eigenvalue weighted by atomic mass is 10.8. The molecule has 4 nitrogen and oxygen atoms in total. The highest BCUT2D eigenvalue weighted by Crippen LogP contribution is 2.52. The zero-order valence-corrected chi connectivity index (χ0v) is 5.05. The predicted molar refractivity (Wildman–Crippen MR) is 24.1 cm³/mol. The maximum atomic E-state index is 11.6. The molecule has 0 aromatic carbocycles. The van der Waals surface area contributed by atoms with Crippen molar-refractivity contribution < 1.29 is 28.2 Å². The average molecular weight is 162 g/mol. The van der Waals surface area contributed by atoms with Gasteiger partial charge in [-0.2, -0.15) is 8.78 Å². The standard InChI is InChI=1S/C2H5F2O4P/c3-2(4,1-5)9(6,7)8/h5H,1H2,(H2,6,7,8). The summed E-state index contributed by atoms with van der Waals surface area (Å²) < 4.78 is 33.0. The summed E-state index contributed by atoms with van der Waals surface area (Å²) in [5.74, 6) is 0. The molecule has 0 aliphatic rings. The van der Waals surface area contributed by atoms with Gasteiger partial charge in [0, 0.05) is 0 Å². The molecule has 0 heterocycles. The molecule has 0 fully saturated rings. The number of alkyl halides is 2. The molecule has 0 aromatic rings. The Hall–Kier alpha value is -0.0300. The van der Waals surface area contributed by atoms with E-state index in [0.29, 0.717) is 0 Å². The molecule has 3 N–H and O–H groups in total. The minimum Gasteiger partial charge on any atom is -0.389 e. The Bertz CT molecular complexity index is 140. The molecule has 0 unspecified atom stereocenters. The first-order valence-electron chi connectivity index (χ1n) is 1.85. The van der Waals surface area contributed by atoms with Crippen molar-refractivity contribution in [2.45, 2.75) is 5.66 Å². The Morgan fingerprint density at radius 1 is 1.44 bits per heavy atom. The van der Waals surface area contributed by atoms with E-state index in [1.54, 1.807) is 0 Å². The number of aliphatic hydroxyl groups is 1. The van der Waals surface area contributed by atoms with E-state index in [-0.39, 0.29) is 0 Å². The second-order valence-corrected chi connectivity index (χ2v) is 3.11. The van der Waals surface area contributed by atoms with Gasteiger partial charge in [0.25, 0.3) is 0 Å². The molecule has 0 aliphatic carbocycles. The van der Waals surface area contributed by atoms with Crippen molar-refractivity contribution in [3.05, 3.63) is 0 Å². The second kappa shape index (κ2) is 2.30. The molecular formula is C2H5F2O4P. The molecule has 0 atom stereocenters. The Balaban J connectivity index is 4.34. The van der Waals surface area contributed by atoms with Crippen molar-refractivity contribution in [1.29, 1.82) is 0 Å². The zero-order valence-electron chi connectivity index (χ0n) is 4.16. The lowest BCUT2D eigenvalue weighted by Gasteiger charge is -2.13. The molecule has 0 saturated carbocycles. The summed E-state index contributed by atoms with van der Waals surface area (Å²) in [6.07, 6.45) is 0. The highest BCUT2D eigenvalue weighted by molar-refractivity contribution is 7.53. The third-order valence-electron chi connectivity index (χ3n) is 0.616. The van der Waals surface area contributed by atoms with Crippen LogP contribution in [0.15, 0.2) is 0 Å². The largest absolute Gasteiger partial charge is 0.397 e. The molecule has 0 bridgehead atoms. The van der Waals surface area contributed by atoms with Gasteiger partial charge < -0.3 is 14.9 Å². The van der Waals surface area contributed by atoms with Crippen molar-refractivity contribution in [2.24, 2.45) is 0 Å². The topological polar surface area (TPSA) is 77.8 Å². The molecular weight excluding hydrogens is 157 g/mol. The average Bonchev–Trinajstić information content (AvgIpc) is 1.64. The number of halogens is 2. The van der Waals surface area contributed by atoms with E-state index >= 15 is 0 Å². The summed E-state index contributed by atoms with van der Waals surface area (Å²) in [7, 11) is -5.45. The Morgan fingerprint density at radius 2 is 1.78 bits per heavy atom. The Morgan fingerprint density at radius 3 is 1.78 bits per heavy atom. The third kappa shape index (κ3) is 1.98. The van der Waals surface area contributed by atoms with E-state index in [1.807, 2.05) is 0 Å². The summed E-state index contributed by atoms with van der Waals surface area (Å²) in [5.41, 5.74) is -4.30. The minimum atomic E-state index is -5.45. The van der Waals surface area contributed by atoms with Gasteiger partial charge in [-0.05, 0) is 0 Å². The molecule has 7 heteroatoms. The Labute approximate surface area is 49.3 Å². The lowest BCUT2D eigenvalue weighted by molar-refractivity contribution is 0.00333. The van der Waals surface area contributed by atoms with Crippen LogP contribution in [0.3, 0.4) is 0 Å². The summed E-state index contributed by atoms with van der Waals surface area (Å²) in [6.45, 7) is -1.84. The SMILES string of the molecule is O=P(O)(O)C(F)(F)CO. The van der Waals surface area contributed by atoms with Crippen LogP contribution in [0.25, 0.3) is 0 Å². The second-order valence-electron chi connectivity index (χ2n) is 1.37. The fourth-order valence-electron chi connectivity index (χ4n) is 0.0921. The van der Waals surface area contributed by atoms with Crippen LogP contribution in [0.4, 0.5) is 8.78 Å². The van der Waals surface area contributed by atoms with Crippen LogP contribution in [0.1, 0.15) is 0 Å². The van der Waals surface area contributed by atoms with Crippen LogP contribution in [0.2, 0.25) is 0 Å². The van der Waals surface area contributed by atoms with E-state index in [0.717, 1.165) is 0 Å². The van der Waals surface area contributed by atoms with Gasteiger partial charge in [0.1, 0.15) is 6.61 Å². The normalized spacial score (nSPS) is 13.9. The maximum Gasteiger partial charge on any atom is 0.397 e. The molecule has 9 heavy (non-hydrogen) atoms. The molecule has 0 spiro atoms. The van der Waals surface area contributed by atoms with Crippen LogP contribution in [0, 0.1) is 0 Å². The van der Waals surface area contributed by atoms with Crippen molar-refractivity contribution in [2.75, 3.05) is 6.61 Å². The first-order valence-corrected chi connectivity index (χ1v) is 3.47. The maximum absolute atomic E-state index is 11.6. The van der Waals surface area contributed by atoms with Crippen molar-refractivity contribution >= 4 is 7.60 Å². The van der Waals surface area contributed by atoms with Gasteiger partial charge in [-0.1, -0.05) is 0 Å². The first-order chi connectivity index (χ1) is 3.81. The summed E-state index contributed by atoms with van der Waals surface area (Å²) in [6, 6.07) is 0. The van der Waals surface area contributed by atoms with E-state index < -0.39 is 19.9 Å². The summed E-state index contributed by atoms with van der Waals surface area (Å²) in [4.78, 5) is 15.5. The van der Waals surface area contributed by atoms with Gasteiger partial charge in [0.15, 0.2) is 0 Å². The molecule has 0 aliphatic heterocycles. The molecule has 0 aromatic heterocycles. The Kier molecular flexibility index (Phi) is 2.29. The summed E-state index contributed by atoms with van der Waals surface area (Å²) >= 11 is 0. The highest BCUT2D eigenvalue weighted by Gasteiger charge is 2.47.